The Labute approximate surface area is 114 Å². The average molecular weight is 296 g/mol. The lowest BCUT2D eigenvalue weighted by molar-refractivity contribution is 1.40. The molecule has 0 saturated heterocycles. The fourth-order valence-electron chi connectivity index (χ4n) is 1.99. The van der Waals surface area contributed by atoms with Crippen molar-refractivity contribution in [1.29, 1.82) is 0 Å². The number of halogens is 1. The molecule has 1 aromatic carbocycles. The van der Waals surface area contributed by atoms with Crippen molar-refractivity contribution in [3.8, 4) is 11.8 Å². The third-order valence-electron chi connectivity index (χ3n) is 2.85. The van der Waals surface area contributed by atoms with E-state index >= 15 is 0 Å². The first-order chi connectivity index (χ1) is 8.86. The van der Waals surface area contributed by atoms with Crippen molar-refractivity contribution in [3.63, 3.8) is 0 Å². The van der Waals surface area contributed by atoms with E-state index in [1.165, 1.54) is 0 Å². The zero-order valence-electron chi connectivity index (χ0n) is 9.65. The van der Waals surface area contributed by atoms with Gasteiger partial charge in [0, 0.05) is 33.6 Å². The number of allylic oxidation sites excluding steroid dienone is 4. The zero-order chi connectivity index (χ0) is 12.4. The van der Waals surface area contributed by atoms with Crippen molar-refractivity contribution in [2.45, 2.75) is 6.42 Å². The van der Waals surface area contributed by atoms with Gasteiger partial charge in [-0.2, -0.15) is 0 Å². The number of hydrogen-bond acceptors (Lipinski definition) is 1. The molecule has 0 atom stereocenters. The molecular weight excluding hydrogens is 286 g/mol. The molecule has 0 radical (unpaired) electrons. The minimum absolute atomic E-state index is 0.807. The van der Waals surface area contributed by atoms with Crippen molar-refractivity contribution in [2.24, 2.45) is 0 Å². The van der Waals surface area contributed by atoms with Gasteiger partial charge in [0.25, 0.3) is 0 Å². The Morgan fingerprint density at radius 3 is 3.11 bits per heavy atom. The normalized spacial score (nSPS) is 13.7. The van der Waals surface area contributed by atoms with E-state index in [1.54, 1.807) is 0 Å². The highest BCUT2D eigenvalue weighted by atomic mass is 79.9. The van der Waals surface area contributed by atoms with Crippen LogP contribution in [0.15, 0.2) is 53.2 Å². The molecule has 1 heterocycles. The number of fused-ring (bicyclic) bond motifs is 1. The second-order valence-electron chi connectivity index (χ2n) is 4.01. The quantitative estimate of drug-likeness (QED) is 0.713. The number of rotatable bonds is 1. The van der Waals surface area contributed by atoms with Gasteiger partial charge in [0.1, 0.15) is 0 Å². The summed E-state index contributed by atoms with van der Waals surface area (Å²) < 4.78 is 1.06. The van der Waals surface area contributed by atoms with Crippen LogP contribution in [0, 0.1) is 11.8 Å². The van der Waals surface area contributed by atoms with E-state index in [4.69, 9.17) is 0 Å². The fourth-order valence-corrected chi connectivity index (χ4v) is 2.44. The lowest BCUT2D eigenvalue weighted by Crippen LogP contribution is -1.88. The van der Waals surface area contributed by atoms with E-state index in [1.807, 2.05) is 18.3 Å². The van der Waals surface area contributed by atoms with Crippen molar-refractivity contribution >= 4 is 32.4 Å². The smallest absolute Gasteiger partial charge is 0.0798 e. The Morgan fingerprint density at radius 1 is 1.22 bits per heavy atom. The number of aromatic nitrogens is 1. The lowest BCUT2D eigenvalue weighted by Gasteiger charge is -2.06. The molecule has 0 saturated carbocycles. The third-order valence-corrected chi connectivity index (χ3v) is 3.54. The van der Waals surface area contributed by atoms with Gasteiger partial charge in [-0.1, -0.05) is 52.1 Å². The van der Waals surface area contributed by atoms with Crippen molar-refractivity contribution in [2.75, 3.05) is 0 Å². The Morgan fingerprint density at radius 2 is 2.17 bits per heavy atom. The average Bonchev–Trinajstić information content (AvgIpc) is 2.68. The summed E-state index contributed by atoms with van der Waals surface area (Å²) in [7, 11) is 0. The van der Waals surface area contributed by atoms with Gasteiger partial charge in [-0.3, -0.25) is 4.98 Å². The number of pyridine rings is 1. The first-order valence-electron chi connectivity index (χ1n) is 5.75. The second kappa shape index (κ2) is 4.80. The molecule has 0 aliphatic heterocycles. The Kier molecular flexibility index (Phi) is 3.00. The highest BCUT2D eigenvalue weighted by molar-refractivity contribution is 9.10. The van der Waals surface area contributed by atoms with Crippen LogP contribution in [-0.2, 0) is 0 Å². The topological polar surface area (TPSA) is 12.9 Å². The molecular formula is C16H10BrN. The van der Waals surface area contributed by atoms with Gasteiger partial charge in [0.15, 0.2) is 0 Å². The third kappa shape index (κ3) is 1.98. The van der Waals surface area contributed by atoms with Crippen LogP contribution in [-0.4, -0.2) is 4.98 Å². The van der Waals surface area contributed by atoms with Gasteiger partial charge in [-0.25, -0.2) is 0 Å². The number of hydrogen-bond donors (Lipinski definition) is 0. The van der Waals surface area contributed by atoms with Crippen molar-refractivity contribution < 1.29 is 0 Å². The summed E-state index contributed by atoms with van der Waals surface area (Å²) in [6.45, 7) is 0. The predicted molar refractivity (Wildman–Crippen MR) is 79.0 cm³/mol. The summed E-state index contributed by atoms with van der Waals surface area (Å²) >= 11 is 3.56. The number of benzene rings is 1. The van der Waals surface area contributed by atoms with E-state index in [-0.39, 0.29) is 0 Å². The summed E-state index contributed by atoms with van der Waals surface area (Å²) in [5, 5.41) is 1.12. The van der Waals surface area contributed by atoms with Gasteiger partial charge in [0.2, 0.25) is 0 Å². The maximum absolute atomic E-state index is 4.49. The van der Waals surface area contributed by atoms with Crippen LogP contribution in [0.25, 0.3) is 16.5 Å². The van der Waals surface area contributed by atoms with E-state index in [9.17, 15) is 0 Å². The summed E-state index contributed by atoms with van der Waals surface area (Å²) in [6.07, 6.45) is 8.78. The van der Waals surface area contributed by atoms with Gasteiger partial charge in [-0.05, 0) is 18.2 Å². The van der Waals surface area contributed by atoms with Gasteiger partial charge < -0.3 is 0 Å². The molecule has 0 bridgehead atoms. The summed E-state index contributed by atoms with van der Waals surface area (Å²) in [5.74, 6) is 6.33. The SMILES string of the molecule is Brc1ccc(C2=CC=CCC#C2)c2ncccc12. The Hall–Kier alpha value is -1.85. The first-order valence-corrected chi connectivity index (χ1v) is 6.55. The minimum atomic E-state index is 0.807. The molecule has 2 aromatic rings. The maximum atomic E-state index is 4.49. The van der Waals surface area contributed by atoms with E-state index < -0.39 is 0 Å². The minimum Gasteiger partial charge on any atom is -0.256 e. The molecule has 1 aliphatic rings. The van der Waals surface area contributed by atoms with Crippen LogP contribution in [0.5, 0.6) is 0 Å². The highest BCUT2D eigenvalue weighted by Crippen LogP contribution is 2.29. The fraction of sp³-hybridized carbons (Fsp3) is 0.0625. The molecule has 18 heavy (non-hydrogen) atoms. The van der Waals surface area contributed by atoms with E-state index in [0.717, 1.165) is 32.9 Å². The lowest BCUT2D eigenvalue weighted by atomic mass is 10.0. The standard InChI is InChI=1S/C16H10BrN/c17-15-10-9-13(12-6-3-1-2-4-7-12)16-14(15)8-5-11-18-16/h1,3,5-6,8-11H,2H2. The van der Waals surface area contributed by atoms with Gasteiger partial charge in [0.05, 0.1) is 5.52 Å². The highest BCUT2D eigenvalue weighted by Gasteiger charge is 2.08. The molecule has 2 heteroatoms. The van der Waals surface area contributed by atoms with Crippen LogP contribution in [0.1, 0.15) is 12.0 Å². The second-order valence-corrected chi connectivity index (χ2v) is 4.86. The maximum Gasteiger partial charge on any atom is 0.0798 e. The summed E-state index contributed by atoms with van der Waals surface area (Å²) in [5.41, 5.74) is 3.11. The van der Waals surface area contributed by atoms with Crippen molar-refractivity contribution in [3.05, 3.63) is 58.7 Å². The van der Waals surface area contributed by atoms with Crippen LogP contribution < -0.4 is 0 Å². The summed E-state index contributed by atoms with van der Waals surface area (Å²) in [4.78, 5) is 4.49. The molecule has 0 N–H and O–H groups in total. The van der Waals surface area contributed by atoms with E-state index in [0.29, 0.717) is 0 Å². The van der Waals surface area contributed by atoms with Crippen LogP contribution in [0.3, 0.4) is 0 Å². The molecule has 0 spiro atoms. The summed E-state index contributed by atoms with van der Waals surface area (Å²) in [6, 6.07) is 8.13. The van der Waals surface area contributed by atoms with Gasteiger partial charge >= 0.3 is 0 Å². The molecule has 1 aliphatic carbocycles. The molecule has 0 fully saturated rings. The molecule has 1 nitrogen and oxygen atoms in total. The largest absolute Gasteiger partial charge is 0.256 e. The number of nitrogens with zero attached hydrogens (tertiary/aromatic N) is 1. The molecule has 86 valence electrons. The molecule has 0 amide bonds. The predicted octanol–water partition coefficient (Wildman–Crippen LogP) is 4.34. The molecule has 1 aromatic heterocycles. The zero-order valence-corrected chi connectivity index (χ0v) is 11.2. The Balaban J connectivity index is 2.29. The first kappa shape index (κ1) is 11.3. The van der Waals surface area contributed by atoms with Crippen LogP contribution >= 0.6 is 15.9 Å². The van der Waals surface area contributed by atoms with Crippen LogP contribution in [0.4, 0.5) is 0 Å². The molecule has 0 unspecified atom stereocenters. The monoisotopic (exact) mass is 295 g/mol. The van der Waals surface area contributed by atoms with Crippen molar-refractivity contribution in [1.82, 2.24) is 4.98 Å². The van der Waals surface area contributed by atoms with E-state index in [2.05, 4.69) is 63.1 Å². The Bertz CT molecular complexity index is 730. The molecule has 3 rings (SSSR count). The van der Waals surface area contributed by atoms with Crippen LogP contribution in [0.2, 0.25) is 0 Å². The van der Waals surface area contributed by atoms with Gasteiger partial charge in [-0.15, -0.1) is 0 Å².